The minimum Gasteiger partial charge on any atom is -0.497 e. The third kappa shape index (κ3) is 6.46. The first kappa shape index (κ1) is 29.1. The number of nitrogens with one attached hydrogen (secondary N) is 1. The molecule has 1 heterocycles. The highest BCUT2D eigenvalue weighted by molar-refractivity contribution is 7.92. The molecular weight excluding hydrogens is 592 g/mol. The first-order valence-electron chi connectivity index (χ1n) is 11.3. The van der Waals surface area contributed by atoms with Gasteiger partial charge in [0.05, 0.1) is 40.0 Å². The van der Waals surface area contributed by atoms with Gasteiger partial charge in [0, 0.05) is 17.0 Å². The molecule has 0 spiro atoms. The van der Waals surface area contributed by atoms with Crippen molar-refractivity contribution in [2.75, 3.05) is 18.0 Å². The molecule has 4 aromatic rings. The summed E-state index contributed by atoms with van der Waals surface area (Å²) in [5.74, 6) is -0.350. The maximum atomic E-state index is 13.5. The molecule has 1 amide bonds. The first-order valence-corrected chi connectivity index (χ1v) is 13.5. The van der Waals surface area contributed by atoms with E-state index in [-0.39, 0.29) is 10.0 Å². The molecule has 208 valence electrons. The molecule has 4 rings (SSSR count). The Hall–Kier alpha value is -3.87. The number of ether oxygens (including phenoxy) is 1. The molecule has 0 aliphatic heterocycles. The van der Waals surface area contributed by atoms with Crippen LogP contribution < -0.4 is 14.5 Å². The van der Waals surface area contributed by atoms with Crippen LogP contribution in [0.3, 0.4) is 0 Å². The molecule has 3 aromatic carbocycles. The number of hydrazone groups is 1. The zero-order chi connectivity index (χ0) is 29.1. The summed E-state index contributed by atoms with van der Waals surface area (Å²) in [6.07, 6.45) is -3.66. The minimum absolute atomic E-state index is 0.0767. The number of fused-ring (bicyclic) bond motifs is 1. The molecule has 0 bridgehead atoms. The van der Waals surface area contributed by atoms with E-state index in [9.17, 15) is 26.4 Å². The SMILES string of the molecule is COc1ccc2cc(/C=N/NC(=O)CN(c3ccc(Cl)c(C(F)(F)F)c3)S(=O)(=O)c3ccccc3)c(Cl)nc2c1. The van der Waals surface area contributed by atoms with E-state index >= 15 is 0 Å². The number of anilines is 1. The van der Waals surface area contributed by atoms with Crippen LogP contribution in [0.4, 0.5) is 18.9 Å². The van der Waals surface area contributed by atoms with E-state index in [0.717, 1.165) is 12.1 Å². The van der Waals surface area contributed by atoms with Gasteiger partial charge in [-0.25, -0.2) is 18.8 Å². The van der Waals surface area contributed by atoms with E-state index in [1.807, 2.05) is 0 Å². The van der Waals surface area contributed by atoms with Crippen molar-refractivity contribution >= 4 is 61.9 Å². The third-order valence-electron chi connectivity index (χ3n) is 5.56. The Kier molecular flexibility index (Phi) is 8.52. The molecular formula is C26H19Cl2F3N4O4S. The number of rotatable bonds is 8. The fourth-order valence-corrected chi connectivity index (χ4v) is 5.47. The second kappa shape index (κ2) is 11.7. The van der Waals surface area contributed by atoms with Crippen LogP contribution in [0.25, 0.3) is 10.9 Å². The molecule has 40 heavy (non-hydrogen) atoms. The second-order valence-corrected chi connectivity index (χ2v) is 10.8. The van der Waals surface area contributed by atoms with Gasteiger partial charge in [-0.15, -0.1) is 0 Å². The number of alkyl halides is 3. The number of sulfonamides is 1. The number of hydrogen-bond acceptors (Lipinski definition) is 6. The van der Waals surface area contributed by atoms with E-state index in [0.29, 0.717) is 32.6 Å². The van der Waals surface area contributed by atoms with Crippen LogP contribution in [0.1, 0.15) is 11.1 Å². The molecule has 1 aromatic heterocycles. The van der Waals surface area contributed by atoms with Crippen molar-refractivity contribution in [3.05, 3.63) is 94.1 Å². The molecule has 0 unspecified atom stereocenters. The Morgan fingerprint density at radius 3 is 2.48 bits per heavy atom. The van der Waals surface area contributed by atoms with Gasteiger partial charge in [0.1, 0.15) is 17.4 Å². The van der Waals surface area contributed by atoms with Crippen LogP contribution in [0, 0.1) is 0 Å². The lowest BCUT2D eigenvalue weighted by Crippen LogP contribution is -2.39. The third-order valence-corrected chi connectivity index (χ3v) is 7.98. The van der Waals surface area contributed by atoms with E-state index in [1.54, 1.807) is 30.3 Å². The van der Waals surface area contributed by atoms with Gasteiger partial charge < -0.3 is 4.74 Å². The van der Waals surface area contributed by atoms with Gasteiger partial charge in [-0.1, -0.05) is 41.4 Å². The van der Waals surface area contributed by atoms with Gasteiger partial charge in [-0.05, 0) is 48.5 Å². The summed E-state index contributed by atoms with van der Waals surface area (Å²) in [7, 11) is -2.95. The predicted molar refractivity (Wildman–Crippen MR) is 146 cm³/mol. The van der Waals surface area contributed by atoms with Crippen LogP contribution in [-0.2, 0) is 21.0 Å². The average molecular weight is 611 g/mol. The first-order chi connectivity index (χ1) is 18.9. The van der Waals surface area contributed by atoms with Gasteiger partial charge in [0.15, 0.2) is 0 Å². The van der Waals surface area contributed by atoms with E-state index in [4.69, 9.17) is 27.9 Å². The monoisotopic (exact) mass is 610 g/mol. The minimum atomic E-state index is -4.86. The predicted octanol–water partition coefficient (Wildman–Crippen LogP) is 5.91. The molecule has 0 radical (unpaired) electrons. The Balaban J connectivity index is 1.61. The van der Waals surface area contributed by atoms with Crippen molar-refractivity contribution in [2.24, 2.45) is 5.10 Å². The summed E-state index contributed by atoms with van der Waals surface area (Å²) in [6.45, 7) is -0.892. The molecule has 0 aliphatic carbocycles. The van der Waals surface area contributed by atoms with Gasteiger partial charge >= 0.3 is 6.18 Å². The molecule has 0 saturated heterocycles. The average Bonchev–Trinajstić information content (AvgIpc) is 2.92. The zero-order valence-corrected chi connectivity index (χ0v) is 22.8. The highest BCUT2D eigenvalue weighted by Crippen LogP contribution is 2.38. The number of carbonyl (C=O) groups is 1. The zero-order valence-electron chi connectivity index (χ0n) is 20.5. The van der Waals surface area contributed by atoms with Gasteiger partial charge in [-0.2, -0.15) is 18.3 Å². The topological polar surface area (TPSA) is 101 Å². The van der Waals surface area contributed by atoms with Crippen molar-refractivity contribution in [3.8, 4) is 5.75 Å². The summed E-state index contributed by atoms with van der Waals surface area (Å²) in [5, 5.41) is 3.98. The van der Waals surface area contributed by atoms with Gasteiger partial charge in [0.2, 0.25) is 0 Å². The molecule has 1 N–H and O–H groups in total. The van der Waals surface area contributed by atoms with Crippen molar-refractivity contribution in [2.45, 2.75) is 11.1 Å². The van der Waals surface area contributed by atoms with Crippen LogP contribution in [0.2, 0.25) is 10.2 Å². The largest absolute Gasteiger partial charge is 0.497 e. The fourth-order valence-electron chi connectivity index (χ4n) is 3.62. The standard InChI is InChI=1S/C26H19Cl2F3N4O4S/c1-39-19-9-7-16-11-17(25(28)33-23(16)13-19)14-32-34-24(36)15-35(40(37,38)20-5-3-2-4-6-20)18-8-10-22(27)21(12-18)26(29,30)31/h2-14H,15H2,1H3,(H,34,36)/b32-14+. The maximum absolute atomic E-state index is 13.5. The maximum Gasteiger partial charge on any atom is 0.417 e. The Bertz CT molecular complexity index is 1700. The number of halogens is 5. The number of carbonyl (C=O) groups excluding carboxylic acids is 1. The number of nitrogens with zero attached hydrogens (tertiary/aromatic N) is 3. The molecule has 14 heteroatoms. The van der Waals surface area contributed by atoms with Crippen LogP contribution in [0.15, 0.2) is 82.8 Å². The lowest BCUT2D eigenvalue weighted by Gasteiger charge is -2.24. The van der Waals surface area contributed by atoms with Crippen LogP contribution in [-0.4, -0.2) is 39.2 Å². The lowest BCUT2D eigenvalue weighted by atomic mass is 10.1. The van der Waals surface area contributed by atoms with Crippen LogP contribution in [0.5, 0.6) is 5.75 Å². The summed E-state index contributed by atoms with van der Waals surface area (Å²) in [4.78, 5) is 16.8. The Morgan fingerprint density at radius 2 is 1.80 bits per heavy atom. The summed E-state index contributed by atoms with van der Waals surface area (Å²) >= 11 is 11.9. The fraction of sp³-hybridized carbons (Fsp3) is 0.115. The highest BCUT2D eigenvalue weighted by atomic mass is 35.5. The molecule has 0 atom stereocenters. The normalized spacial score (nSPS) is 12.1. The van der Waals surface area contributed by atoms with Crippen LogP contribution >= 0.6 is 23.2 Å². The summed E-state index contributed by atoms with van der Waals surface area (Å²) in [6, 6.07) is 16.3. The number of benzene rings is 3. The van der Waals surface area contributed by atoms with Crippen molar-refractivity contribution in [3.63, 3.8) is 0 Å². The number of methoxy groups -OCH3 is 1. The molecule has 0 aliphatic rings. The number of hydrogen-bond donors (Lipinski definition) is 1. The van der Waals surface area contributed by atoms with E-state index < -0.39 is 44.9 Å². The molecule has 0 saturated carbocycles. The van der Waals surface area contributed by atoms with Crippen molar-refractivity contribution in [1.29, 1.82) is 0 Å². The van der Waals surface area contributed by atoms with Gasteiger partial charge in [-0.3, -0.25) is 9.10 Å². The van der Waals surface area contributed by atoms with Crippen molar-refractivity contribution in [1.82, 2.24) is 10.4 Å². The Morgan fingerprint density at radius 1 is 1.07 bits per heavy atom. The molecule has 8 nitrogen and oxygen atoms in total. The summed E-state index contributed by atoms with van der Waals surface area (Å²) < 4.78 is 73.0. The number of amides is 1. The number of aromatic nitrogens is 1. The van der Waals surface area contributed by atoms with Gasteiger partial charge in [0.25, 0.3) is 15.9 Å². The summed E-state index contributed by atoms with van der Waals surface area (Å²) in [5.41, 5.74) is 1.41. The highest BCUT2D eigenvalue weighted by Gasteiger charge is 2.35. The molecule has 0 fully saturated rings. The van der Waals surface area contributed by atoms with E-state index in [2.05, 4.69) is 15.5 Å². The Labute approximate surface area is 237 Å². The quantitative estimate of drug-likeness (QED) is 0.152. The number of pyridine rings is 1. The smallest absolute Gasteiger partial charge is 0.417 e. The lowest BCUT2D eigenvalue weighted by molar-refractivity contribution is -0.137. The van der Waals surface area contributed by atoms with E-state index in [1.165, 1.54) is 37.6 Å². The van der Waals surface area contributed by atoms with Crippen molar-refractivity contribution < 1.29 is 31.1 Å². The second-order valence-electron chi connectivity index (χ2n) is 8.21.